The van der Waals surface area contributed by atoms with Crippen LogP contribution >= 0.6 is 0 Å². The number of benzene rings is 2. The molecule has 0 aromatic heterocycles. The van der Waals surface area contributed by atoms with Crippen LogP contribution in [-0.2, 0) is 11.3 Å². The van der Waals surface area contributed by atoms with Gasteiger partial charge in [0, 0.05) is 5.69 Å². The molecule has 0 spiro atoms. The minimum atomic E-state index is -5.03. The number of ether oxygens (including phenoxy) is 1. The second kappa shape index (κ2) is 8.73. The molecule has 2 rings (SSSR count). The fourth-order valence-electron chi connectivity index (χ4n) is 1.66. The molecule has 110 valence electrons. The Morgan fingerprint density at radius 2 is 1.59 bits per heavy atom. The van der Waals surface area contributed by atoms with Crippen LogP contribution in [0.3, 0.4) is 0 Å². The van der Waals surface area contributed by atoms with E-state index in [-0.39, 0.29) is 63.7 Å². The third-order valence-corrected chi connectivity index (χ3v) is 2.75. The first-order valence-corrected chi connectivity index (χ1v) is 6.23. The molecule has 0 saturated heterocycles. The van der Waals surface area contributed by atoms with Crippen LogP contribution < -0.4 is 62.2 Å². The molecule has 0 aliphatic rings. The number of carbonyl (C=O) groups excluding carboxylic acids is 1. The Bertz CT molecular complexity index is 606. The fourth-order valence-corrected chi connectivity index (χ4v) is 1.66. The molecule has 2 aromatic rings. The van der Waals surface area contributed by atoms with Crippen molar-refractivity contribution in [2.45, 2.75) is 6.61 Å². The molecule has 0 aliphatic heterocycles. The standard InChI is InChI=1S/C14H12BF3NO2.K/c16-15(17,18)12-6-8-13(9-7-12)19-14(20)21-10-11-4-2-1-3-5-11;/h1-9H,10H2,(H,19,20);/q-1;+1. The topological polar surface area (TPSA) is 38.3 Å². The van der Waals surface area contributed by atoms with E-state index < -0.39 is 18.5 Å². The maximum atomic E-state index is 12.4. The number of hydrogen-bond acceptors (Lipinski definition) is 2. The summed E-state index contributed by atoms with van der Waals surface area (Å²) in [6.07, 6.45) is -0.718. The van der Waals surface area contributed by atoms with Crippen LogP contribution in [0.1, 0.15) is 5.56 Å². The molecule has 8 heteroatoms. The number of rotatable bonds is 4. The van der Waals surface area contributed by atoms with Crippen molar-refractivity contribution in [2.75, 3.05) is 5.32 Å². The maximum Gasteiger partial charge on any atom is 1.00 e. The zero-order valence-corrected chi connectivity index (χ0v) is 15.1. The number of halogens is 3. The van der Waals surface area contributed by atoms with Crippen LogP contribution in [0.15, 0.2) is 54.6 Å². The number of anilines is 1. The first-order chi connectivity index (χ1) is 9.95. The minimum absolute atomic E-state index is 0. The summed E-state index contributed by atoms with van der Waals surface area (Å²) < 4.78 is 42.3. The fraction of sp³-hybridized carbons (Fsp3) is 0.0714. The van der Waals surface area contributed by atoms with E-state index in [1.54, 1.807) is 12.1 Å². The zero-order valence-electron chi connectivity index (χ0n) is 11.9. The molecule has 0 bridgehead atoms. The Morgan fingerprint density at radius 3 is 2.14 bits per heavy atom. The van der Waals surface area contributed by atoms with Gasteiger partial charge in [-0.3, -0.25) is 5.32 Å². The first-order valence-electron chi connectivity index (χ1n) is 6.23. The second-order valence-corrected chi connectivity index (χ2v) is 4.38. The zero-order chi connectivity index (χ0) is 15.3. The van der Waals surface area contributed by atoms with Gasteiger partial charge in [0.25, 0.3) is 0 Å². The summed E-state index contributed by atoms with van der Waals surface area (Å²) in [5.74, 6) is 0. The number of nitrogens with one attached hydrogen (secondary N) is 1. The molecule has 1 amide bonds. The number of amides is 1. The largest absolute Gasteiger partial charge is 1.00 e. The van der Waals surface area contributed by atoms with E-state index in [1.165, 1.54) is 12.1 Å². The number of hydrogen-bond donors (Lipinski definition) is 1. The van der Waals surface area contributed by atoms with Crippen molar-refractivity contribution in [1.82, 2.24) is 0 Å². The van der Waals surface area contributed by atoms with Crippen LogP contribution in [0.25, 0.3) is 0 Å². The molecule has 2 aromatic carbocycles. The maximum absolute atomic E-state index is 12.4. The molecule has 0 fully saturated rings. The van der Waals surface area contributed by atoms with Crippen molar-refractivity contribution in [3.05, 3.63) is 60.2 Å². The van der Waals surface area contributed by atoms with Gasteiger partial charge < -0.3 is 17.7 Å². The molecule has 22 heavy (non-hydrogen) atoms. The van der Waals surface area contributed by atoms with E-state index in [2.05, 4.69) is 5.32 Å². The van der Waals surface area contributed by atoms with E-state index >= 15 is 0 Å². The quantitative estimate of drug-likeness (QED) is 0.828. The van der Waals surface area contributed by atoms with E-state index in [4.69, 9.17) is 4.74 Å². The molecule has 0 aliphatic carbocycles. The average molecular weight is 333 g/mol. The molecular formula is C14H12BF3KNO2. The van der Waals surface area contributed by atoms with Gasteiger partial charge in [0.05, 0.1) is 0 Å². The Labute approximate surface area is 168 Å². The van der Waals surface area contributed by atoms with Crippen molar-refractivity contribution >= 4 is 24.2 Å². The van der Waals surface area contributed by atoms with Crippen LogP contribution in [0.4, 0.5) is 23.4 Å². The smallest absolute Gasteiger partial charge is 0.445 e. The summed E-state index contributed by atoms with van der Waals surface area (Å²) in [4.78, 5) is 11.5. The van der Waals surface area contributed by atoms with Crippen molar-refractivity contribution in [3.63, 3.8) is 0 Å². The molecule has 0 unspecified atom stereocenters. The van der Waals surface area contributed by atoms with Gasteiger partial charge in [-0.05, 0) is 17.7 Å². The van der Waals surface area contributed by atoms with Crippen LogP contribution in [-0.4, -0.2) is 13.1 Å². The van der Waals surface area contributed by atoms with Crippen molar-refractivity contribution in [1.29, 1.82) is 0 Å². The molecule has 3 nitrogen and oxygen atoms in total. The molecule has 0 atom stereocenters. The Hall–Kier alpha value is -0.799. The van der Waals surface area contributed by atoms with E-state index in [1.807, 2.05) is 18.2 Å². The average Bonchev–Trinajstić information content (AvgIpc) is 2.46. The molecular weight excluding hydrogens is 321 g/mol. The van der Waals surface area contributed by atoms with E-state index in [0.717, 1.165) is 17.7 Å². The predicted molar refractivity (Wildman–Crippen MR) is 75.4 cm³/mol. The summed E-state index contributed by atoms with van der Waals surface area (Å²) in [5.41, 5.74) is 0.359. The van der Waals surface area contributed by atoms with Gasteiger partial charge in [-0.15, -0.1) is 5.46 Å². The normalized spacial score (nSPS) is 10.5. The summed E-state index contributed by atoms with van der Waals surface area (Å²) >= 11 is 0. The molecule has 0 heterocycles. The van der Waals surface area contributed by atoms with Crippen molar-refractivity contribution in [2.24, 2.45) is 0 Å². The monoisotopic (exact) mass is 333 g/mol. The van der Waals surface area contributed by atoms with Gasteiger partial charge in [0.2, 0.25) is 0 Å². The number of carbonyl (C=O) groups is 1. The Morgan fingerprint density at radius 1 is 1.00 bits per heavy atom. The van der Waals surface area contributed by atoms with Gasteiger partial charge in [-0.25, -0.2) is 4.79 Å². The summed E-state index contributed by atoms with van der Waals surface area (Å²) in [7, 11) is 0. The van der Waals surface area contributed by atoms with Gasteiger partial charge in [0.15, 0.2) is 0 Å². The van der Waals surface area contributed by atoms with Gasteiger partial charge >= 0.3 is 64.5 Å². The summed E-state index contributed by atoms with van der Waals surface area (Å²) in [6.45, 7) is -4.93. The van der Waals surface area contributed by atoms with Crippen LogP contribution in [0.2, 0.25) is 0 Å². The predicted octanol–water partition coefficient (Wildman–Crippen LogP) is 0.494. The van der Waals surface area contributed by atoms with Crippen LogP contribution in [0.5, 0.6) is 0 Å². The third kappa shape index (κ3) is 6.13. The van der Waals surface area contributed by atoms with Crippen molar-refractivity contribution in [3.8, 4) is 0 Å². The third-order valence-electron chi connectivity index (χ3n) is 2.75. The molecule has 1 N–H and O–H groups in total. The van der Waals surface area contributed by atoms with E-state index in [9.17, 15) is 17.7 Å². The second-order valence-electron chi connectivity index (χ2n) is 4.38. The van der Waals surface area contributed by atoms with Gasteiger partial charge in [-0.1, -0.05) is 42.5 Å². The Kier molecular flexibility index (Phi) is 7.64. The van der Waals surface area contributed by atoms with Crippen LogP contribution in [0, 0.1) is 0 Å². The first kappa shape index (κ1) is 19.2. The van der Waals surface area contributed by atoms with Crippen molar-refractivity contribution < 1.29 is 73.9 Å². The minimum Gasteiger partial charge on any atom is -0.445 e. The molecule has 0 saturated carbocycles. The Balaban J connectivity index is 0.00000242. The SMILES string of the molecule is O=C(Nc1ccc([B-](F)(F)F)cc1)OCc1ccccc1.[K+]. The molecule has 0 radical (unpaired) electrons. The van der Waals surface area contributed by atoms with Gasteiger partial charge in [-0.2, -0.15) is 0 Å². The summed E-state index contributed by atoms with van der Waals surface area (Å²) in [5, 5.41) is 2.37. The van der Waals surface area contributed by atoms with E-state index in [0.29, 0.717) is 0 Å². The van der Waals surface area contributed by atoms with Gasteiger partial charge in [0.1, 0.15) is 6.61 Å². The summed E-state index contributed by atoms with van der Waals surface area (Å²) in [6, 6.07) is 13.3.